The van der Waals surface area contributed by atoms with Crippen molar-refractivity contribution in [1.29, 1.82) is 0 Å². The summed E-state index contributed by atoms with van der Waals surface area (Å²) in [7, 11) is -3.98. The molecule has 0 aromatic heterocycles. The zero-order chi connectivity index (χ0) is 15.6. The zero-order valence-electron chi connectivity index (χ0n) is 11.4. The quantitative estimate of drug-likeness (QED) is 0.642. The third kappa shape index (κ3) is 3.70. The van der Waals surface area contributed by atoms with Crippen LogP contribution in [0.15, 0.2) is 23.1 Å². The van der Waals surface area contributed by atoms with Gasteiger partial charge in [0, 0.05) is 23.7 Å². The molecule has 0 amide bonds. The van der Waals surface area contributed by atoms with E-state index in [-0.39, 0.29) is 21.9 Å². The lowest BCUT2D eigenvalue weighted by molar-refractivity contribution is -0.387. The SMILES string of the molecule is CC1CCNCC1NS(=O)(=O)c1ccc(Cl)cc1[N+](=O)[O-]. The smallest absolute Gasteiger partial charge is 0.290 e. The van der Waals surface area contributed by atoms with Gasteiger partial charge in [-0.25, -0.2) is 13.1 Å². The van der Waals surface area contributed by atoms with Gasteiger partial charge in [0.1, 0.15) is 0 Å². The predicted molar refractivity (Wildman–Crippen MR) is 78.9 cm³/mol. The molecular weight excluding hydrogens is 318 g/mol. The van der Waals surface area contributed by atoms with Gasteiger partial charge in [-0.15, -0.1) is 0 Å². The van der Waals surface area contributed by atoms with Crippen molar-refractivity contribution >= 4 is 27.3 Å². The van der Waals surface area contributed by atoms with Gasteiger partial charge in [-0.3, -0.25) is 10.1 Å². The maximum absolute atomic E-state index is 12.4. The highest BCUT2D eigenvalue weighted by atomic mass is 35.5. The van der Waals surface area contributed by atoms with E-state index < -0.39 is 20.6 Å². The van der Waals surface area contributed by atoms with Gasteiger partial charge in [0.2, 0.25) is 10.0 Å². The molecule has 2 atom stereocenters. The molecule has 1 aliphatic rings. The standard InChI is InChI=1S/C12H16ClN3O4S/c1-8-4-5-14-7-10(8)15-21(19,20)12-3-2-9(13)6-11(12)16(17)18/h2-3,6,8,10,14-15H,4-5,7H2,1H3. The lowest BCUT2D eigenvalue weighted by atomic mass is 9.96. The van der Waals surface area contributed by atoms with Crippen molar-refractivity contribution in [3.8, 4) is 0 Å². The molecule has 21 heavy (non-hydrogen) atoms. The molecule has 1 aromatic carbocycles. The van der Waals surface area contributed by atoms with Gasteiger partial charge < -0.3 is 5.32 Å². The summed E-state index contributed by atoms with van der Waals surface area (Å²) in [6.45, 7) is 3.28. The van der Waals surface area contributed by atoms with Crippen LogP contribution in [-0.2, 0) is 10.0 Å². The number of hydrogen-bond acceptors (Lipinski definition) is 5. The highest BCUT2D eigenvalue weighted by Gasteiger charge is 2.31. The van der Waals surface area contributed by atoms with E-state index in [4.69, 9.17) is 11.6 Å². The molecule has 9 heteroatoms. The second-order valence-corrected chi connectivity index (χ2v) is 7.19. The molecule has 1 aromatic rings. The fourth-order valence-electron chi connectivity index (χ4n) is 2.27. The number of nitrogens with one attached hydrogen (secondary N) is 2. The van der Waals surface area contributed by atoms with E-state index in [0.29, 0.717) is 6.54 Å². The van der Waals surface area contributed by atoms with E-state index >= 15 is 0 Å². The normalized spacial score (nSPS) is 23.0. The Morgan fingerprint density at radius 3 is 2.81 bits per heavy atom. The highest BCUT2D eigenvalue weighted by molar-refractivity contribution is 7.89. The van der Waals surface area contributed by atoms with Crippen LogP contribution in [0.4, 0.5) is 5.69 Å². The topological polar surface area (TPSA) is 101 Å². The minimum Gasteiger partial charge on any atom is -0.315 e. The number of benzene rings is 1. The maximum Gasteiger partial charge on any atom is 0.290 e. The maximum atomic E-state index is 12.4. The molecule has 2 rings (SSSR count). The molecule has 1 heterocycles. The van der Waals surface area contributed by atoms with Crippen LogP contribution in [0.25, 0.3) is 0 Å². The van der Waals surface area contributed by atoms with E-state index in [9.17, 15) is 18.5 Å². The second kappa shape index (κ2) is 6.27. The average Bonchev–Trinajstić information content (AvgIpc) is 2.40. The molecule has 0 spiro atoms. The number of rotatable bonds is 4. The summed E-state index contributed by atoms with van der Waals surface area (Å²) in [6, 6.07) is 3.23. The number of nitrogens with zero attached hydrogens (tertiary/aromatic N) is 1. The Kier molecular flexibility index (Phi) is 4.82. The van der Waals surface area contributed by atoms with Gasteiger partial charge in [-0.2, -0.15) is 0 Å². The predicted octanol–water partition coefficient (Wildman–Crippen LogP) is 1.52. The molecule has 2 unspecified atom stereocenters. The summed E-state index contributed by atoms with van der Waals surface area (Å²) < 4.78 is 27.3. The Morgan fingerprint density at radius 1 is 1.48 bits per heavy atom. The number of sulfonamides is 1. The first-order valence-corrected chi connectivity index (χ1v) is 8.34. The number of nitro benzene ring substituents is 1. The molecule has 7 nitrogen and oxygen atoms in total. The number of piperidine rings is 1. The first-order valence-electron chi connectivity index (χ1n) is 6.48. The van der Waals surface area contributed by atoms with Gasteiger partial charge in [0.25, 0.3) is 5.69 Å². The lowest BCUT2D eigenvalue weighted by Gasteiger charge is -2.29. The van der Waals surface area contributed by atoms with E-state index in [1.165, 1.54) is 6.07 Å². The summed E-state index contributed by atoms with van der Waals surface area (Å²) in [4.78, 5) is 9.91. The average molecular weight is 334 g/mol. The van der Waals surface area contributed by atoms with Crippen LogP contribution in [0.1, 0.15) is 13.3 Å². The van der Waals surface area contributed by atoms with Crippen LogP contribution in [0, 0.1) is 16.0 Å². The Bertz CT molecular complexity index is 650. The summed E-state index contributed by atoms with van der Waals surface area (Å²) in [6.07, 6.45) is 0.843. The fraction of sp³-hybridized carbons (Fsp3) is 0.500. The number of nitro groups is 1. The van der Waals surface area contributed by atoms with Gasteiger partial charge in [0.15, 0.2) is 4.90 Å². The van der Waals surface area contributed by atoms with Crippen molar-refractivity contribution in [2.75, 3.05) is 13.1 Å². The molecule has 1 saturated heterocycles. The van der Waals surface area contributed by atoms with E-state index in [0.717, 1.165) is 25.1 Å². The molecule has 116 valence electrons. The van der Waals surface area contributed by atoms with Crippen molar-refractivity contribution < 1.29 is 13.3 Å². The Hall–Kier alpha value is -1.22. The first kappa shape index (κ1) is 16.2. The van der Waals surface area contributed by atoms with Gasteiger partial charge >= 0.3 is 0 Å². The largest absolute Gasteiger partial charge is 0.315 e. The Balaban J connectivity index is 2.33. The molecule has 0 saturated carbocycles. The summed E-state index contributed by atoms with van der Waals surface area (Å²) in [5, 5.41) is 14.2. The summed E-state index contributed by atoms with van der Waals surface area (Å²) >= 11 is 5.70. The summed E-state index contributed by atoms with van der Waals surface area (Å²) in [5.74, 6) is 0.160. The van der Waals surface area contributed by atoms with Crippen LogP contribution in [0.3, 0.4) is 0 Å². The van der Waals surface area contributed by atoms with E-state index in [1.807, 2.05) is 6.92 Å². The minimum absolute atomic E-state index is 0.119. The van der Waals surface area contributed by atoms with Gasteiger partial charge in [-0.05, 0) is 31.0 Å². The highest BCUT2D eigenvalue weighted by Crippen LogP contribution is 2.27. The molecule has 0 aliphatic carbocycles. The third-order valence-electron chi connectivity index (χ3n) is 3.54. The van der Waals surface area contributed by atoms with Gasteiger partial charge in [-0.1, -0.05) is 18.5 Å². The van der Waals surface area contributed by atoms with Crippen LogP contribution in [-0.4, -0.2) is 32.5 Å². The van der Waals surface area contributed by atoms with Crippen molar-refractivity contribution in [2.24, 2.45) is 5.92 Å². The fourth-order valence-corrected chi connectivity index (χ4v) is 3.93. The summed E-state index contributed by atoms with van der Waals surface area (Å²) in [5.41, 5.74) is -0.522. The molecular formula is C12H16ClN3O4S. The van der Waals surface area contributed by atoms with Crippen LogP contribution < -0.4 is 10.0 Å². The van der Waals surface area contributed by atoms with Crippen LogP contribution in [0.5, 0.6) is 0 Å². The molecule has 1 aliphatic heterocycles. The molecule has 0 bridgehead atoms. The second-order valence-electron chi connectivity index (χ2n) is 5.07. The first-order chi connectivity index (χ1) is 9.81. The van der Waals surface area contributed by atoms with E-state index in [1.54, 1.807) is 0 Å². The van der Waals surface area contributed by atoms with Crippen molar-refractivity contribution in [3.05, 3.63) is 33.3 Å². The van der Waals surface area contributed by atoms with Crippen LogP contribution in [0.2, 0.25) is 5.02 Å². The van der Waals surface area contributed by atoms with Gasteiger partial charge in [0.05, 0.1) is 4.92 Å². The van der Waals surface area contributed by atoms with Crippen molar-refractivity contribution in [3.63, 3.8) is 0 Å². The van der Waals surface area contributed by atoms with Crippen molar-refractivity contribution in [1.82, 2.24) is 10.0 Å². The van der Waals surface area contributed by atoms with E-state index in [2.05, 4.69) is 10.0 Å². The Morgan fingerprint density at radius 2 is 2.19 bits per heavy atom. The molecule has 1 fully saturated rings. The van der Waals surface area contributed by atoms with Crippen molar-refractivity contribution in [2.45, 2.75) is 24.3 Å². The van der Waals surface area contributed by atoms with Crippen LogP contribution >= 0.6 is 11.6 Å². The molecule has 0 radical (unpaired) electrons. The number of hydrogen-bond donors (Lipinski definition) is 2. The third-order valence-corrected chi connectivity index (χ3v) is 5.31. The lowest BCUT2D eigenvalue weighted by Crippen LogP contribution is -2.50. The number of halogens is 1. The zero-order valence-corrected chi connectivity index (χ0v) is 12.9. The monoisotopic (exact) mass is 333 g/mol. The Labute approximate surface area is 127 Å². The minimum atomic E-state index is -3.98. The molecule has 2 N–H and O–H groups in total.